The Morgan fingerprint density at radius 1 is 0.636 bits per heavy atom. The Morgan fingerprint density at radius 3 is 1.61 bits per heavy atom. The summed E-state index contributed by atoms with van der Waals surface area (Å²) in [6.07, 6.45) is 17.9. The number of rotatable bonds is 20. The predicted molar refractivity (Wildman–Crippen MR) is 127 cm³/mol. The molecule has 0 N–H and O–H groups in total. The third-order valence-electron chi connectivity index (χ3n) is 5.59. The van der Waals surface area contributed by atoms with Gasteiger partial charge in [0.05, 0.1) is 6.61 Å². The van der Waals surface area contributed by atoms with Crippen molar-refractivity contribution < 1.29 is 27.8 Å². The maximum absolute atomic E-state index is 13.1. The van der Waals surface area contributed by atoms with Crippen LogP contribution in [0.3, 0.4) is 0 Å². The number of esters is 2. The lowest BCUT2D eigenvalue weighted by molar-refractivity contribution is -0.144. The fourth-order valence-electron chi connectivity index (χ4n) is 3.69. The zero-order valence-electron chi connectivity index (χ0n) is 20.3. The van der Waals surface area contributed by atoms with E-state index in [0.717, 1.165) is 25.0 Å². The molecule has 1 aromatic rings. The molecule has 0 heterocycles. The number of benzene rings is 1. The number of carbonyl (C=O) groups excluding carboxylic acids is 2. The number of hydrogen-bond donors (Lipinski definition) is 0. The van der Waals surface area contributed by atoms with Crippen LogP contribution in [0.2, 0.25) is 0 Å². The highest BCUT2D eigenvalue weighted by Gasteiger charge is 2.09. The Balaban J connectivity index is 1.88. The van der Waals surface area contributed by atoms with Gasteiger partial charge in [-0.05, 0) is 19.3 Å². The molecule has 0 aliphatic heterocycles. The van der Waals surface area contributed by atoms with E-state index in [1.807, 2.05) is 0 Å². The molecule has 1 aromatic carbocycles. The van der Waals surface area contributed by atoms with E-state index in [1.165, 1.54) is 70.6 Å². The monoisotopic (exact) mass is 468 g/mol. The molecule has 0 unspecified atom stereocenters. The van der Waals surface area contributed by atoms with Gasteiger partial charge in [-0.15, -0.1) is 0 Å². The second kappa shape index (κ2) is 19.5. The van der Waals surface area contributed by atoms with Crippen molar-refractivity contribution in [2.45, 2.75) is 116 Å². The summed E-state index contributed by atoms with van der Waals surface area (Å²) in [6.45, 7) is 2.70. The van der Waals surface area contributed by atoms with Crippen LogP contribution in [0.15, 0.2) is 18.2 Å². The predicted octanol–water partition coefficient (Wildman–Crippen LogP) is 8.07. The quantitative estimate of drug-likeness (QED) is 0.110. The van der Waals surface area contributed by atoms with E-state index in [2.05, 4.69) is 6.92 Å². The van der Waals surface area contributed by atoms with Crippen LogP contribution < -0.4 is 4.74 Å². The second-order valence-electron chi connectivity index (χ2n) is 8.75. The molecule has 0 saturated heterocycles. The molecule has 0 aromatic heterocycles. The first-order valence-electron chi connectivity index (χ1n) is 12.8. The summed E-state index contributed by atoms with van der Waals surface area (Å²) in [7, 11) is 0. The maximum atomic E-state index is 13.1. The molecule has 0 bridgehead atoms. The summed E-state index contributed by atoms with van der Waals surface area (Å²) in [5, 5.41) is 0. The molecule has 6 heteroatoms. The van der Waals surface area contributed by atoms with Crippen LogP contribution in [0, 0.1) is 11.6 Å². The summed E-state index contributed by atoms with van der Waals surface area (Å²) in [6, 6.07) is 2.62. The highest BCUT2D eigenvalue weighted by Crippen LogP contribution is 2.17. The Hall–Kier alpha value is -1.98. The van der Waals surface area contributed by atoms with Crippen LogP contribution >= 0.6 is 0 Å². The summed E-state index contributed by atoms with van der Waals surface area (Å²) in [5.74, 6) is -2.60. The largest absolute Gasteiger partial charge is 0.466 e. The third-order valence-corrected chi connectivity index (χ3v) is 5.59. The minimum Gasteiger partial charge on any atom is -0.466 e. The molecule has 0 spiro atoms. The van der Waals surface area contributed by atoms with Gasteiger partial charge >= 0.3 is 11.9 Å². The fraction of sp³-hybridized carbons (Fsp3) is 0.704. The fourth-order valence-corrected chi connectivity index (χ4v) is 3.69. The van der Waals surface area contributed by atoms with E-state index >= 15 is 0 Å². The Bertz CT molecular complexity index is 643. The van der Waals surface area contributed by atoms with Crippen molar-refractivity contribution in [2.24, 2.45) is 0 Å². The van der Waals surface area contributed by atoms with Crippen molar-refractivity contribution in [1.29, 1.82) is 0 Å². The molecule has 0 atom stereocenters. The van der Waals surface area contributed by atoms with Gasteiger partial charge in [0.25, 0.3) is 0 Å². The van der Waals surface area contributed by atoms with Gasteiger partial charge in [-0.25, -0.2) is 8.78 Å². The van der Waals surface area contributed by atoms with E-state index in [0.29, 0.717) is 25.5 Å². The summed E-state index contributed by atoms with van der Waals surface area (Å²) >= 11 is 0. The highest BCUT2D eigenvalue weighted by molar-refractivity contribution is 5.72. The number of unbranched alkanes of at least 4 members (excludes halogenated alkanes) is 13. The molecule has 1 rings (SSSR count). The first-order valence-corrected chi connectivity index (χ1v) is 12.8. The Labute approximate surface area is 198 Å². The minimum atomic E-state index is -0.802. The van der Waals surface area contributed by atoms with Crippen molar-refractivity contribution in [3.8, 4) is 5.75 Å². The molecule has 4 nitrogen and oxygen atoms in total. The first kappa shape index (κ1) is 29.1. The molecule has 0 saturated carbocycles. The molecular weight excluding hydrogens is 426 g/mol. The van der Waals surface area contributed by atoms with E-state index in [-0.39, 0.29) is 24.6 Å². The Morgan fingerprint density at radius 2 is 1.09 bits per heavy atom. The number of halogens is 2. The van der Waals surface area contributed by atoms with Crippen LogP contribution in [-0.4, -0.2) is 18.5 Å². The van der Waals surface area contributed by atoms with E-state index < -0.39 is 17.6 Å². The van der Waals surface area contributed by atoms with Crippen LogP contribution in [0.4, 0.5) is 8.78 Å². The van der Waals surface area contributed by atoms with Crippen molar-refractivity contribution in [2.75, 3.05) is 6.61 Å². The topological polar surface area (TPSA) is 52.6 Å². The molecule has 0 fully saturated rings. The lowest BCUT2D eigenvalue weighted by Gasteiger charge is -2.06. The van der Waals surface area contributed by atoms with Crippen molar-refractivity contribution in [1.82, 2.24) is 0 Å². The molecular formula is C27H42F2O4. The number of carbonyl (C=O) groups is 2. The lowest BCUT2D eigenvalue weighted by Crippen LogP contribution is -2.09. The zero-order chi connectivity index (χ0) is 24.2. The van der Waals surface area contributed by atoms with E-state index in [9.17, 15) is 18.4 Å². The smallest absolute Gasteiger partial charge is 0.311 e. The van der Waals surface area contributed by atoms with E-state index in [1.54, 1.807) is 0 Å². The van der Waals surface area contributed by atoms with Gasteiger partial charge in [-0.2, -0.15) is 0 Å². The third kappa shape index (κ3) is 17.2. The van der Waals surface area contributed by atoms with E-state index in [4.69, 9.17) is 9.47 Å². The van der Waals surface area contributed by atoms with Gasteiger partial charge in [-0.3, -0.25) is 9.59 Å². The van der Waals surface area contributed by atoms with Gasteiger partial charge in [0.2, 0.25) is 0 Å². The van der Waals surface area contributed by atoms with Gasteiger partial charge in [0.15, 0.2) is 0 Å². The molecule has 0 radical (unpaired) electrons. The maximum Gasteiger partial charge on any atom is 0.311 e. The van der Waals surface area contributed by atoms with Crippen LogP contribution in [0.25, 0.3) is 0 Å². The van der Waals surface area contributed by atoms with Crippen molar-refractivity contribution >= 4 is 11.9 Å². The average Bonchev–Trinajstić information content (AvgIpc) is 2.76. The molecule has 0 aliphatic rings. The van der Waals surface area contributed by atoms with Gasteiger partial charge in [0.1, 0.15) is 17.4 Å². The number of ether oxygens (including phenoxy) is 2. The first-order chi connectivity index (χ1) is 16.0. The normalized spacial score (nSPS) is 10.9. The van der Waals surface area contributed by atoms with Crippen molar-refractivity contribution in [3.05, 3.63) is 29.8 Å². The summed E-state index contributed by atoms with van der Waals surface area (Å²) < 4.78 is 36.3. The van der Waals surface area contributed by atoms with Crippen LogP contribution in [0.1, 0.15) is 116 Å². The zero-order valence-corrected chi connectivity index (χ0v) is 20.3. The molecule has 0 aliphatic carbocycles. The molecule has 0 amide bonds. The SMILES string of the molecule is CCCCCCCCCCCCCCCOC(=O)CCCCC(=O)Oc1cc(F)cc(F)c1. The van der Waals surface area contributed by atoms with Gasteiger partial charge < -0.3 is 9.47 Å². The molecule has 188 valence electrons. The second-order valence-corrected chi connectivity index (χ2v) is 8.75. The standard InChI is InChI=1S/C27H42F2O4/c1-2-3-4-5-6-7-8-9-10-11-12-13-16-19-32-26(30)17-14-15-18-27(31)33-25-21-23(28)20-24(29)22-25/h20-22H,2-19H2,1H3. The number of hydrogen-bond acceptors (Lipinski definition) is 4. The highest BCUT2D eigenvalue weighted by atomic mass is 19.1. The summed E-state index contributed by atoms with van der Waals surface area (Å²) in [4.78, 5) is 23.5. The average molecular weight is 469 g/mol. The minimum absolute atomic E-state index is 0.0737. The Kier molecular flexibility index (Phi) is 17.2. The summed E-state index contributed by atoms with van der Waals surface area (Å²) in [5.41, 5.74) is 0. The van der Waals surface area contributed by atoms with Gasteiger partial charge in [0, 0.05) is 31.0 Å². The van der Waals surface area contributed by atoms with Crippen LogP contribution in [-0.2, 0) is 14.3 Å². The molecule has 33 heavy (non-hydrogen) atoms. The van der Waals surface area contributed by atoms with Gasteiger partial charge in [-0.1, -0.05) is 84.0 Å². The van der Waals surface area contributed by atoms with Crippen LogP contribution in [0.5, 0.6) is 5.75 Å². The lowest BCUT2D eigenvalue weighted by atomic mass is 10.0. The van der Waals surface area contributed by atoms with Crippen molar-refractivity contribution in [3.63, 3.8) is 0 Å².